The van der Waals surface area contributed by atoms with Crippen molar-refractivity contribution >= 4 is 12.6 Å². The molecule has 3 fully saturated rings. The summed E-state index contributed by atoms with van der Waals surface area (Å²) in [6, 6.07) is 0. The molecule has 0 aromatic heterocycles. The summed E-state index contributed by atoms with van der Waals surface area (Å²) < 4.78 is 0. The van der Waals surface area contributed by atoms with Gasteiger partial charge in [0.25, 0.3) is 0 Å². The summed E-state index contributed by atoms with van der Waals surface area (Å²) in [6.45, 7) is 12.7. The molecule has 0 aromatic carbocycles. The van der Waals surface area contributed by atoms with E-state index in [9.17, 15) is 0 Å². The molecule has 0 unspecified atom stereocenters. The SMILES string of the molecule is CC(C)CCC[C@H](C)[C@@H]1CC[C@H]2[C@@H]3CC=C4C[C@@H](S)CC[C@@]4(C)[C@@H]3CC[C@]21C. The normalized spacial score (nSPS) is 46.5. The maximum Gasteiger partial charge on any atom is 0.00545 e. The van der Waals surface area contributed by atoms with Crippen LogP contribution in [0.5, 0.6) is 0 Å². The first-order chi connectivity index (χ1) is 13.3. The molecular formula is C27H46S. The van der Waals surface area contributed by atoms with Gasteiger partial charge in [-0.3, -0.25) is 0 Å². The zero-order valence-corrected chi connectivity index (χ0v) is 20.2. The van der Waals surface area contributed by atoms with Crippen molar-refractivity contribution < 1.29 is 0 Å². The van der Waals surface area contributed by atoms with Crippen LogP contribution in [0.3, 0.4) is 0 Å². The Bertz CT molecular complexity index is 591. The van der Waals surface area contributed by atoms with Crippen LogP contribution in [0.4, 0.5) is 0 Å². The zero-order valence-electron chi connectivity index (χ0n) is 19.3. The lowest BCUT2D eigenvalue weighted by molar-refractivity contribution is -0.0497. The minimum Gasteiger partial charge on any atom is -0.176 e. The van der Waals surface area contributed by atoms with Crippen molar-refractivity contribution in [3.05, 3.63) is 11.6 Å². The summed E-state index contributed by atoms with van der Waals surface area (Å²) in [6.07, 6.45) is 18.4. The third-order valence-electron chi connectivity index (χ3n) is 10.3. The van der Waals surface area contributed by atoms with Gasteiger partial charge >= 0.3 is 0 Å². The number of hydrogen-bond donors (Lipinski definition) is 1. The predicted octanol–water partition coefficient (Wildman–Crippen LogP) is 8.33. The second kappa shape index (κ2) is 7.97. The van der Waals surface area contributed by atoms with E-state index in [-0.39, 0.29) is 0 Å². The van der Waals surface area contributed by atoms with E-state index in [2.05, 4.69) is 40.7 Å². The van der Waals surface area contributed by atoms with Crippen LogP contribution in [0.25, 0.3) is 0 Å². The molecule has 1 heteroatoms. The molecule has 0 spiro atoms. The summed E-state index contributed by atoms with van der Waals surface area (Å²) in [5, 5.41) is 0.618. The van der Waals surface area contributed by atoms with Crippen LogP contribution in [-0.4, -0.2) is 5.25 Å². The fourth-order valence-corrected chi connectivity index (χ4v) is 8.99. The highest BCUT2D eigenvalue weighted by Gasteiger charge is 2.58. The molecule has 28 heavy (non-hydrogen) atoms. The van der Waals surface area contributed by atoms with E-state index < -0.39 is 0 Å². The Labute approximate surface area is 181 Å². The number of allylic oxidation sites excluding steroid dienone is 2. The summed E-state index contributed by atoms with van der Waals surface area (Å²) in [7, 11) is 0. The van der Waals surface area contributed by atoms with E-state index in [1.807, 2.05) is 0 Å². The smallest absolute Gasteiger partial charge is 0.00545 e. The van der Waals surface area contributed by atoms with Gasteiger partial charge in [0.1, 0.15) is 0 Å². The molecule has 0 aromatic rings. The van der Waals surface area contributed by atoms with Gasteiger partial charge in [-0.25, -0.2) is 0 Å². The monoisotopic (exact) mass is 402 g/mol. The van der Waals surface area contributed by atoms with Crippen LogP contribution in [0.15, 0.2) is 11.6 Å². The minimum absolute atomic E-state index is 0.504. The first-order valence-electron chi connectivity index (χ1n) is 12.6. The van der Waals surface area contributed by atoms with Crippen molar-refractivity contribution in [3.8, 4) is 0 Å². The minimum atomic E-state index is 0.504. The van der Waals surface area contributed by atoms with E-state index in [1.165, 1.54) is 70.6 Å². The molecule has 8 atom stereocenters. The molecule has 0 amide bonds. The first-order valence-corrected chi connectivity index (χ1v) is 13.1. The fourth-order valence-electron chi connectivity index (χ4n) is 8.67. The van der Waals surface area contributed by atoms with Gasteiger partial charge < -0.3 is 0 Å². The molecule has 0 aliphatic heterocycles. The highest BCUT2D eigenvalue weighted by Crippen LogP contribution is 2.67. The Kier molecular flexibility index (Phi) is 6.07. The Balaban J connectivity index is 1.49. The predicted molar refractivity (Wildman–Crippen MR) is 126 cm³/mol. The standard InChI is InChI=1S/C27H46S/c1-18(2)7-6-8-19(3)23-11-12-24-22-10-9-20-17-21(28)13-15-26(20,4)25(22)14-16-27(23,24)5/h9,18-19,21-25,28H,6-8,10-17H2,1-5H3/t19-,21-,22-,23-,24-,25+,26+,27-/m0/s1. The quantitative estimate of drug-likeness (QED) is 0.347. The molecule has 0 N–H and O–H groups in total. The number of thiol groups is 1. The van der Waals surface area contributed by atoms with Crippen molar-refractivity contribution in [2.24, 2.45) is 46.3 Å². The summed E-state index contributed by atoms with van der Waals surface area (Å²) in [4.78, 5) is 0. The lowest BCUT2D eigenvalue weighted by atomic mass is 9.47. The van der Waals surface area contributed by atoms with Crippen molar-refractivity contribution in [1.29, 1.82) is 0 Å². The molecule has 4 aliphatic carbocycles. The molecule has 4 aliphatic rings. The van der Waals surface area contributed by atoms with Crippen LogP contribution in [-0.2, 0) is 0 Å². The molecule has 160 valence electrons. The van der Waals surface area contributed by atoms with Crippen LogP contribution in [0, 0.1) is 46.3 Å². The van der Waals surface area contributed by atoms with Gasteiger partial charge in [-0.1, -0.05) is 65.5 Å². The van der Waals surface area contributed by atoms with Gasteiger partial charge in [-0.05, 0) is 97.7 Å². The molecule has 0 radical (unpaired) electrons. The van der Waals surface area contributed by atoms with Crippen LogP contribution < -0.4 is 0 Å². The second-order valence-electron chi connectivity index (χ2n) is 12.2. The van der Waals surface area contributed by atoms with Gasteiger partial charge in [0, 0.05) is 5.25 Å². The van der Waals surface area contributed by atoms with Crippen LogP contribution >= 0.6 is 12.6 Å². The first kappa shape index (κ1) is 21.3. The average Bonchev–Trinajstić information content (AvgIpc) is 2.99. The Morgan fingerprint density at radius 1 is 1.00 bits per heavy atom. The fraction of sp³-hybridized carbons (Fsp3) is 0.926. The maximum absolute atomic E-state index is 4.84. The van der Waals surface area contributed by atoms with Gasteiger partial charge in [0.05, 0.1) is 0 Å². The second-order valence-corrected chi connectivity index (χ2v) is 12.9. The lowest BCUT2D eigenvalue weighted by Crippen LogP contribution is -2.50. The van der Waals surface area contributed by atoms with E-state index in [0.29, 0.717) is 16.1 Å². The third-order valence-corrected chi connectivity index (χ3v) is 10.7. The molecule has 0 saturated heterocycles. The van der Waals surface area contributed by atoms with Gasteiger partial charge in [-0.15, -0.1) is 0 Å². The van der Waals surface area contributed by atoms with Crippen molar-refractivity contribution in [3.63, 3.8) is 0 Å². The van der Waals surface area contributed by atoms with E-state index in [4.69, 9.17) is 12.6 Å². The summed E-state index contributed by atoms with van der Waals surface area (Å²) >= 11 is 4.84. The highest BCUT2D eigenvalue weighted by atomic mass is 32.1. The van der Waals surface area contributed by atoms with Crippen molar-refractivity contribution in [2.75, 3.05) is 0 Å². The highest BCUT2D eigenvalue weighted by molar-refractivity contribution is 7.80. The molecule has 3 saturated carbocycles. The molecule has 0 bridgehead atoms. The van der Waals surface area contributed by atoms with Gasteiger partial charge in [0.2, 0.25) is 0 Å². The third kappa shape index (κ3) is 3.54. The van der Waals surface area contributed by atoms with Gasteiger partial charge in [-0.2, -0.15) is 12.6 Å². The van der Waals surface area contributed by atoms with Crippen molar-refractivity contribution in [1.82, 2.24) is 0 Å². The Morgan fingerprint density at radius 2 is 1.79 bits per heavy atom. The summed E-state index contributed by atoms with van der Waals surface area (Å²) in [5.41, 5.74) is 2.92. The van der Waals surface area contributed by atoms with E-state index in [0.717, 1.165) is 35.5 Å². The van der Waals surface area contributed by atoms with Crippen molar-refractivity contribution in [2.45, 2.75) is 110 Å². The maximum atomic E-state index is 4.84. The topological polar surface area (TPSA) is 0 Å². The number of rotatable bonds is 5. The van der Waals surface area contributed by atoms with Crippen LogP contribution in [0.1, 0.15) is 105 Å². The Morgan fingerprint density at radius 3 is 2.54 bits per heavy atom. The summed E-state index contributed by atoms with van der Waals surface area (Å²) in [5.74, 6) is 5.70. The molecule has 4 rings (SSSR count). The van der Waals surface area contributed by atoms with Crippen LogP contribution in [0.2, 0.25) is 0 Å². The molecule has 0 heterocycles. The van der Waals surface area contributed by atoms with Gasteiger partial charge in [0.15, 0.2) is 0 Å². The molecular weight excluding hydrogens is 356 g/mol. The average molecular weight is 403 g/mol. The molecule has 0 nitrogen and oxygen atoms in total. The number of hydrogen-bond acceptors (Lipinski definition) is 1. The van der Waals surface area contributed by atoms with E-state index >= 15 is 0 Å². The number of fused-ring (bicyclic) bond motifs is 5. The zero-order chi connectivity index (χ0) is 20.1. The lowest BCUT2D eigenvalue weighted by Gasteiger charge is -2.58. The largest absolute Gasteiger partial charge is 0.176 e. The van der Waals surface area contributed by atoms with E-state index in [1.54, 1.807) is 5.57 Å². The Hall–Kier alpha value is 0.0900.